The van der Waals surface area contributed by atoms with Gasteiger partial charge in [0.05, 0.1) is 11.1 Å². The van der Waals surface area contributed by atoms with E-state index in [4.69, 9.17) is 27.9 Å². The van der Waals surface area contributed by atoms with E-state index < -0.39 is 10.8 Å². The quantitative estimate of drug-likeness (QED) is 0.306. The summed E-state index contributed by atoms with van der Waals surface area (Å²) in [5.41, 5.74) is 3.96. The molecule has 0 saturated heterocycles. The molecule has 3 aromatic carbocycles. The number of hydrogen-bond acceptors (Lipinski definition) is 5. The summed E-state index contributed by atoms with van der Waals surface area (Å²) in [5.74, 6) is 0.0114. The summed E-state index contributed by atoms with van der Waals surface area (Å²) in [5, 5.41) is 15.7. The highest BCUT2D eigenvalue weighted by Gasteiger charge is 2.09. The van der Waals surface area contributed by atoms with Crippen molar-refractivity contribution >= 4 is 41.0 Å². The lowest BCUT2D eigenvalue weighted by molar-refractivity contribution is -0.384. The number of nitro benzene ring substituents is 1. The van der Waals surface area contributed by atoms with Crippen LogP contribution in [0.15, 0.2) is 71.8 Å². The van der Waals surface area contributed by atoms with Gasteiger partial charge in [0.1, 0.15) is 12.4 Å². The molecule has 0 aliphatic carbocycles. The van der Waals surface area contributed by atoms with E-state index >= 15 is 0 Å². The van der Waals surface area contributed by atoms with E-state index in [-0.39, 0.29) is 17.9 Å². The lowest BCUT2D eigenvalue weighted by Gasteiger charge is -2.10. The van der Waals surface area contributed by atoms with Gasteiger partial charge in [-0.05, 0) is 48.0 Å². The standard InChI is InChI=1S/C21H15Cl2N3O4/c22-17-3-1-2-14(10-17)13-30-20-9-6-18(23)11-16(20)12-24-25-21(27)15-4-7-19(8-5-15)26(28)29/h1-12H,13H2,(H,25,27). The predicted molar refractivity (Wildman–Crippen MR) is 115 cm³/mol. The minimum absolute atomic E-state index is 0.101. The molecule has 0 spiro atoms. The minimum Gasteiger partial charge on any atom is -0.488 e. The highest BCUT2D eigenvalue weighted by atomic mass is 35.5. The second kappa shape index (κ2) is 9.87. The Morgan fingerprint density at radius 3 is 2.50 bits per heavy atom. The summed E-state index contributed by atoms with van der Waals surface area (Å²) in [4.78, 5) is 22.3. The van der Waals surface area contributed by atoms with Gasteiger partial charge in [0.15, 0.2) is 0 Å². The van der Waals surface area contributed by atoms with Gasteiger partial charge in [-0.3, -0.25) is 14.9 Å². The largest absolute Gasteiger partial charge is 0.488 e. The number of carbonyl (C=O) groups is 1. The average Bonchev–Trinajstić information content (AvgIpc) is 2.73. The summed E-state index contributed by atoms with van der Waals surface area (Å²) in [6.07, 6.45) is 1.41. The van der Waals surface area contributed by atoms with Crippen LogP contribution in [-0.2, 0) is 6.61 Å². The normalized spacial score (nSPS) is 10.7. The van der Waals surface area contributed by atoms with E-state index in [0.717, 1.165) is 5.56 Å². The molecule has 0 aliphatic heterocycles. The zero-order chi connectivity index (χ0) is 21.5. The number of amides is 1. The van der Waals surface area contributed by atoms with Gasteiger partial charge >= 0.3 is 0 Å². The molecule has 152 valence electrons. The number of halogens is 2. The molecule has 0 saturated carbocycles. The van der Waals surface area contributed by atoms with Crippen LogP contribution in [0.3, 0.4) is 0 Å². The minimum atomic E-state index is -0.538. The average molecular weight is 444 g/mol. The van der Waals surface area contributed by atoms with Gasteiger partial charge in [-0.25, -0.2) is 5.43 Å². The maximum atomic E-state index is 12.1. The first kappa shape index (κ1) is 21.3. The monoisotopic (exact) mass is 443 g/mol. The predicted octanol–water partition coefficient (Wildman–Crippen LogP) is 5.24. The highest BCUT2D eigenvalue weighted by molar-refractivity contribution is 6.31. The van der Waals surface area contributed by atoms with Crippen LogP contribution in [0.1, 0.15) is 21.5 Å². The molecule has 9 heteroatoms. The van der Waals surface area contributed by atoms with Crippen LogP contribution >= 0.6 is 23.2 Å². The van der Waals surface area contributed by atoms with Crippen LogP contribution in [0.4, 0.5) is 5.69 Å². The third kappa shape index (κ3) is 5.79. The van der Waals surface area contributed by atoms with Crippen LogP contribution in [0.25, 0.3) is 0 Å². The Morgan fingerprint density at radius 2 is 1.80 bits per heavy atom. The Morgan fingerprint density at radius 1 is 1.07 bits per heavy atom. The molecular formula is C21H15Cl2N3O4. The molecule has 7 nitrogen and oxygen atoms in total. The molecule has 0 bridgehead atoms. The first-order valence-electron chi connectivity index (χ1n) is 8.67. The number of nitro groups is 1. The lowest BCUT2D eigenvalue weighted by atomic mass is 10.2. The number of carbonyl (C=O) groups excluding carboxylic acids is 1. The summed E-state index contributed by atoms with van der Waals surface area (Å²) in [7, 11) is 0. The van der Waals surface area contributed by atoms with Crippen LogP contribution in [-0.4, -0.2) is 17.0 Å². The van der Waals surface area contributed by atoms with E-state index in [9.17, 15) is 14.9 Å². The number of hydrogen-bond donors (Lipinski definition) is 1. The van der Waals surface area contributed by atoms with Gasteiger partial charge in [0.2, 0.25) is 0 Å². The third-order valence-electron chi connectivity index (χ3n) is 3.97. The molecule has 3 rings (SSSR count). The van der Waals surface area contributed by atoms with Crippen molar-refractivity contribution in [3.05, 3.63) is 104 Å². The smallest absolute Gasteiger partial charge is 0.271 e. The first-order valence-corrected chi connectivity index (χ1v) is 9.42. The van der Waals surface area contributed by atoms with Crippen molar-refractivity contribution in [2.45, 2.75) is 6.61 Å². The maximum absolute atomic E-state index is 12.1. The summed E-state index contributed by atoms with van der Waals surface area (Å²) < 4.78 is 5.83. The van der Waals surface area contributed by atoms with Gasteiger partial charge < -0.3 is 4.74 Å². The Hall–Kier alpha value is -3.42. The molecule has 0 fully saturated rings. The van der Waals surface area contributed by atoms with Crippen molar-refractivity contribution < 1.29 is 14.5 Å². The fourth-order valence-corrected chi connectivity index (χ4v) is 2.89. The maximum Gasteiger partial charge on any atom is 0.271 e. The number of nitrogens with one attached hydrogen (secondary N) is 1. The Kier molecular flexibility index (Phi) is 7.00. The van der Waals surface area contributed by atoms with Gasteiger partial charge in [-0.15, -0.1) is 0 Å². The fraction of sp³-hybridized carbons (Fsp3) is 0.0476. The zero-order valence-corrected chi connectivity index (χ0v) is 16.9. The van der Waals surface area contributed by atoms with Crippen LogP contribution in [0, 0.1) is 10.1 Å². The Labute approximate surface area is 182 Å². The zero-order valence-electron chi connectivity index (χ0n) is 15.4. The molecule has 0 aromatic heterocycles. The number of benzene rings is 3. The first-order chi connectivity index (χ1) is 14.4. The van der Waals surface area contributed by atoms with Crippen molar-refractivity contribution in [1.82, 2.24) is 5.43 Å². The topological polar surface area (TPSA) is 93.8 Å². The molecular weight excluding hydrogens is 429 g/mol. The van der Waals surface area contributed by atoms with Gasteiger partial charge in [-0.1, -0.05) is 35.3 Å². The van der Waals surface area contributed by atoms with Crippen molar-refractivity contribution in [1.29, 1.82) is 0 Å². The number of rotatable bonds is 7. The number of nitrogens with zero attached hydrogens (tertiary/aromatic N) is 2. The molecule has 0 radical (unpaired) electrons. The van der Waals surface area contributed by atoms with E-state index in [1.807, 2.05) is 12.1 Å². The lowest BCUT2D eigenvalue weighted by Crippen LogP contribution is -2.17. The molecule has 3 aromatic rings. The number of non-ortho nitro benzene ring substituents is 1. The second-order valence-electron chi connectivity index (χ2n) is 6.10. The molecule has 0 heterocycles. The van der Waals surface area contributed by atoms with Crippen molar-refractivity contribution in [3.8, 4) is 5.75 Å². The third-order valence-corrected chi connectivity index (χ3v) is 4.44. The summed E-state index contributed by atoms with van der Waals surface area (Å²) in [6.45, 7) is 0.290. The van der Waals surface area contributed by atoms with Gasteiger partial charge in [-0.2, -0.15) is 5.10 Å². The number of ether oxygens (including phenoxy) is 1. The van der Waals surface area contributed by atoms with Crippen LogP contribution in [0.2, 0.25) is 10.0 Å². The molecule has 30 heavy (non-hydrogen) atoms. The Balaban J connectivity index is 1.67. The van der Waals surface area contributed by atoms with Gasteiger partial charge in [0.25, 0.3) is 11.6 Å². The van der Waals surface area contributed by atoms with E-state index in [1.165, 1.54) is 30.5 Å². The molecule has 0 unspecified atom stereocenters. The fourth-order valence-electron chi connectivity index (χ4n) is 2.50. The Bertz CT molecular complexity index is 1100. The van der Waals surface area contributed by atoms with Crippen molar-refractivity contribution in [3.63, 3.8) is 0 Å². The van der Waals surface area contributed by atoms with Crippen LogP contribution in [0.5, 0.6) is 5.75 Å². The summed E-state index contributed by atoms with van der Waals surface area (Å²) in [6, 6.07) is 17.5. The van der Waals surface area contributed by atoms with E-state index in [1.54, 1.807) is 30.3 Å². The molecule has 0 aliphatic rings. The second-order valence-corrected chi connectivity index (χ2v) is 6.98. The highest BCUT2D eigenvalue weighted by Crippen LogP contribution is 2.23. The van der Waals surface area contributed by atoms with Crippen LogP contribution < -0.4 is 10.2 Å². The van der Waals surface area contributed by atoms with Gasteiger partial charge in [0, 0.05) is 33.3 Å². The molecule has 1 N–H and O–H groups in total. The summed E-state index contributed by atoms with van der Waals surface area (Å²) >= 11 is 12.0. The SMILES string of the molecule is O=C(NN=Cc1cc(Cl)ccc1OCc1cccc(Cl)c1)c1ccc([N+](=O)[O-])cc1. The van der Waals surface area contributed by atoms with E-state index in [2.05, 4.69) is 10.5 Å². The van der Waals surface area contributed by atoms with Crippen molar-refractivity contribution in [2.24, 2.45) is 5.10 Å². The van der Waals surface area contributed by atoms with E-state index in [0.29, 0.717) is 21.4 Å². The molecule has 0 atom stereocenters. The van der Waals surface area contributed by atoms with Crippen molar-refractivity contribution in [2.75, 3.05) is 0 Å². The number of hydrazone groups is 1. The molecule has 1 amide bonds.